The molecule has 2 atom stereocenters. The molecule has 1 aliphatic rings. The highest BCUT2D eigenvalue weighted by Crippen LogP contribution is 2.23. The number of aliphatic hydroxyl groups is 1. The Bertz CT molecular complexity index is 417. The van der Waals surface area contributed by atoms with Gasteiger partial charge in [0.15, 0.2) is 0 Å². The van der Waals surface area contributed by atoms with Crippen molar-refractivity contribution in [1.29, 1.82) is 0 Å². The fraction of sp³-hybridized carbons (Fsp3) is 0.455. The minimum absolute atomic E-state index is 0.177. The molecule has 0 radical (unpaired) electrons. The summed E-state index contributed by atoms with van der Waals surface area (Å²) < 4.78 is 4.64. The van der Waals surface area contributed by atoms with Gasteiger partial charge in [0, 0.05) is 13.0 Å². The van der Waals surface area contributed by atoms with Crippen LogP contribution in [0.2, 0.25) is 0 Å². The van der Waals surface area contributed by atoms with E-state index in [1.54, 1.807) is 17.5 Å². The monoisotopic (exact) mass is 255 g/mol. The van der Waals surface area contributed by atoms with Crippen molar-refractivity contribution in [3.05, 3.63) is 22.4 Å². The van der Waals surface area contributed by atoms with E-state index < -0.39 is 18.1 Å². The van der Waals surface area contributed by atoms with Gasteiger partial charge in [0.05, 0.1) is 18.1 Å². The molecule has 5 nitrogen and oxygen atoms in total. The number of likely N-dealkylation sites (tertiary alicyclic amines) is 1. The molecule has 1 N–H and O–H groups in total. The first-order valence-corrected chi connectivity index (χ1v) is 6.12. The van der Waals surface area contributed by atoms with Gasteiger partial charge < -0.3 is 14.7 Å². The van der Waals surface area contributed by atoms with Gasteiger partial charge in [0.2, 0.25) is 0 Å². The average molecular weight is 255 g/mol. The Morgan fingerprint density at radius 3 is 2.94 bits per heavy atom. The molecule has 0 spiro atoms. The third-order valence-electron chi connectivity index (χ3n) is 2.75. The summed E-state index contributed by atoms with van der Waals surface area (Å²) in [5, 5.41) is 11.4. The van der Waals surface area contributed by atoms with Gasteiger partial charge >= 0.3 is 5.97 Å². The highest BCUT2D eigenvalue weighted by Gasteiger charge is 2.40. The van der Waals surface area contributed by atoms with E-state index in [0.29, 0.717) is 4.88 Å². The number of amides is 1. The van der Waals surface area contributed by atoms with Gasteiger partial charge in [-0.15, -0.1) is 11.3 Å². The summed E-state index contributed by atoms with van der Waals surface area (Å²) in [6.45, 7) is 0.177. The van der Waals surface area contributed by atoms with Gasteiger partial charge in [-0.25, -0.2) is 4.79 Å². The van der Waals surface area contributed by atoms with E-state index in [4.69, 9.17) is 0 Å². The summed E-state index contributed by atoms with van der Waals surface area (Å²) in [6.07, 6.45) is -0.424. The third-order valence-corrected chi connectivity index (χ3v) is 3.60. The highest BCUT2D eigenvalue weighted by atomic mass is 32.1. The molecular weight excluding hydrogens is 242 g/mol. The fourth-order valence-electron chi connectivity index (χ4n) is 1.94. The standard InChI is InChI=1S/C11H13NO4S/c1-16-11(15)8-5-7(13)6-12(8)10(14)9-3-2-4-17-9/h2-4,7-8,13H,5-6H2,1H3. The number of hydrogen-bond acceptors (Lipinski definition) is 5. The molecule has 1 fully saturated rings. The first-order valence-electron chi connectivity index (χ1n) is 5.24. The topological polar surface area (TPSA) is 66.8 Å². The molecule has 0 aliphatic carbocycles. The van der Waals surface area contributed by atoms with Gasteiger partial charge in [-0.2, -0.15) is 0 Å². The van der Waals surface area contributed by atoms with Crippen molar-refractivity contribution in [3.63, 3.8) is 0 Å². The van der Waals surface area contributed by atoms with Crippen molar-refractivity contribution < 1.29 is 19.4 Å². The maximum absolute atomic E-state index is 12.1. The zero-order valence-electron chi connectivity index (χ0n) is 9.33. The van der Waals surface area contributed by atoms with Crippen molar-refractivity contribution >= 4 is 23.2 Å². The van der Waals surface area contributed by atoms with Crippen LogP contribution in [0.3, 0.4) is 0 Å². The van der Waals surface area contributed by atoms with E-state index in [-0.39, 0.29) is 18.9 Å². The molecule has 6 heteroatoms. The first kappa shape index (κ1) is 12.1. The van der Waals surface area contributed by atoms with Crippen molar-refractivity contribution in [2.24, 2.45) is 0 Å². The molecule has 0 bridgehead atoms. The lowest BCUT2D eigenvalue weighted by atomic mass is 10.2. The lowest BCUT2D eigenvalue weighted by Gasteiger charge is -2.21. The Morgan fingerprint density at radius 1 is 1.59 bits per heavy atom. The van der Waals surface area contributed by atoms with Crippen LogP contribution in [0, 0.1) is 0 Å². The van der Waals surface area contributed by atoms with Crippen molar-refractivity contribution in [3.8, 4) is 0 Å². The largest absolute Gasteiger partial charge is 0.467 e. The molecule has 0 aromatic carbocycles. The molecule has 17 heavy (non-hydrogen) atoms. The maximum Gasteiger partial charge on any atom is 0.328 e. The van der Waals surface area contributed by atoms with Crippen molar-refractivity contribution in [2.75, 3.05) is 13.7 Å². The van der Waals surface area contributed by atoms with E-state index in [2.05, 4.69) is 4.74 Å². The van der Waals surface area contributed by atoms with Crippen LogP contribution in [0.1, 0.15) is 16.1 Å². The number of aliphatic hydroxyl groups excluding tert-OH is 1. The molecule has 1 amide bonds. The van der Waals surface area contributed by atoms with Crippen LogP contribution in [0.15, 0.2) is 17.5 Å². The average Bonchev–Trinajstić information content (AvgIpc) is 2.95. The molecule has 2 unspecified atom stereocenters. The molecule has 2 rings (SSSR count). The normalized spacial score (nSPS) is 23.8. The van der Waals surface area contributed by atoms with Crippen molar-refractivity contribution in [1.82, 2.24) is 4.90 Å². The van der Waals surface area contributed by atoms with Crippen LogP contribution < -0.4 is 0 Å². The van der Waals surface area contributed by atoms with E-state index in [9.17, 15) is 14.7 Å². The van der Waals surface area contributed by atoms with Gasteiger partial charge in [0.1, 0.15) is 6.04 Å². The number of carbonyl (C=O) groups is 2. The Morgan fingerprint density at radius 2 is 2.35 bits per heavy atom. The number of thiophene rings is 1. The molecule has 92 valence electrons. The number of ether oxygens (including phenoxy) is 1. The number of rotatable bonds is 2. The SMILES string of the molecule is COC(=O)C1CC(O)CN1C(=O)c1cccs1. The van der Waals surface area contributed by atoms with Crippen LogP contribution in [-0.4, -0.2) is 47.7 Å². The number of hydrogen-bond donors (Lipinski definition) is 1. The Hall–Kier alpha value is -1.40. The summed E-state index contributed by atoms with van der Waals surface area (Å²) >= 11 is 1.32. The lowest BCUT2D eigenvalue weighted by Crippen LogP contribution is -2.40. The van der Waals surface area contributed by atoms with Crippen LogP contribution in [0.5, 0.6) is 0 Å². The number of esters is 1. The molecule has 2 heterocycles. The number of methoxy groups -OCH3 is 1. The number of β-amino-alcohol motifs (C(OH)–C–C–N with tert-alkyl or cyclic N) is 1. The summed E-state index contributed by atoms with van der Waals surface area (Å²) in [5.74, 6) is -0.710. The van der Waals surface area contributed by atoms with E-state index in [0.717, 1.165) is 0 Å². The Balaban J connectivity index is 2.18. The minimum atomic E-state index is -0.676. The van der Waals surface area contributed by atoms with E-state index in [1.165, 1.54) is 23.3 Å². The zero-order chi connectivity index (χ0) is 12.4. The number of nitrogens with zero attached hydrogens (tertiary/aromatic N) is 1. The van der Waals surface area contributed by atoms with E-state index in [1.807, 2.05) is 0 Å². The second-order valence-electron chi connectivity index (χ2n) is 3.86. The van der Waals surface area contributed by atoms with Crippen LogP contribution in [-0.2, 0) is 9.53 Å². The van der Waals surface area contributed by atoms with E-state index >= 15 is 0 Å². The smallest absolute Gasteiger partial charge is 0.328 e. The minimum Gasteiger partial charge on any atom is -0.467 e. The second-order valence-corrected chi connectivity index (χ2v) is 4.81. The van der Waals surface area contributed by atoms with Gasteiger partial charge in [0.25, 0.3) is 5.91 Å². The summed E-state index contributed by atoms with van der Waals surface area (Å²) in [5.41, 5.74) is 0. The molecule has 1 aromatic heterocycles. The molecular formula is C11H13NO4S. The van der Waals surface area contributed by atoms with Gasteiger partial charge in [-0.1, -0.05) is 6.07 Å². The maximum atomic E-state index is 12.1. The predicted octanol–water partition coefficient (Wildman–Crippen LogP) is 0.496. The summed E-state index contributed by atoms with van der Waals surface area (Å²) in [6, 6.07) is 2.80. The fourth-order valence-corrected chi connectivity index (χ4v) is 2.62. The van der Waals surface area contributed by atoms with Crippen LogP contribution >= 0.6 is 11.3 Å². The van der Waals surface area contributed by atoms with Crippen molar-refractivity contribution in [2.45, 2.75) is 18.6 Å². The second kappa shape index (κ2) is 4.85. The van der Waals surface area contributed by atoms with Crippen LogP contribution in [0.4, 0.5) is 0 Å². The lowest BCUT2D eigenvalue weighted by molar-refractivity contribution is -0.145. The molecule has 1 aromatic rings. The molecule has 1 saturated heterocycles. The van der Waals surface area contributed by atoms with Gasteiger partial charge in [-0.3, -0.25) is 4.79 Å². The quantitative estimate of drug-likeness (QED) is 0.781. The highest BCUT2D eigenvalue weighted by molar-refractivity contribution is 7.12. The zero-order valence-corrected chi connectivity index (χ0v) is 10.1. The Kier molecular flexibility index (Phi) is 3.44. The molecule has 0 saturated carbocycles. The summed E-state index contributed by atoms with van der Waals surface area (Å²) in [4.78, 5) is 25.6. The van der Waals surface area contributed by atoms with Crippen LogP contribution in [0.25, 0.3) is 0 Å². The van der Waals surface area contributed by atoms with Gasteiger partial charge in [-0.05, 0) is 11.4 Å². The third kappa shape index (κ3) is 2.32. The Labute approximate surface area is 103 Å². The molecule has 1 aliphatic heterocycles. The summed E-state index contributed by atoms with van der Waals surface area (Å²) in [7, 11) is 1.28. The predicted molar refractivity (Wildman–Crippen MR) is 61.8 cm³/mol. The first-order chi connectivity index (χ1) is 8.13. The number of carbonyl (C=O) groups excluding carboxylic acids is 2.